The molecule has 1 heterocycles. The lowest BCUT2D eigenvalue weighted by molar-refractivity contribution is 0.0610. The average molecular weight is 483 g/mol. The first-order valence-corrected chi connectivity index (χ1v) is 15.2. The maximum Gasteiger partial charge on any atom is 0.192 e. The van der Waals surface area contributed by atoms with Crippen molar-refractivity contribution < 1.29 is 13.6 Å². The van der Waals surface area contributed by atoms with E-state index in [-0.39, 0.29) is 5.41 Å². The highest BCUT2D eigenvalue weighted by atomic mass is 32.5. The van der Waals surface area contributed by atoms with E-state index < -0.39 is 13.6 Å². The van der Waals surface area contributed by atoms with Gasteiger partial charge in [0.15, 0.2) is 13.6 Å². The molecule has 32 heavy (non-hydrogen) atoms. The van der Waals surface area contributed by atoms with Crippen molar-refractivity contribution in [2.24, 2.45) is 5.41 Å². The summed E-state index contributed by atoms with van der Waals surface area (Å²) < 4.78 is 27.1. The molecule has 0 atom stereocenters. The van der Waals surface area contributed by atoms with Gasteiger partial charge in [-0.3, -0.25) is 0 Å². The van der Waals surface area contributed by atoms with Crippen molar-refractivity contribution in [1.82, 2.24) is 0 Å². The average Bonchev–Trinajstić information content (AvgIpc) is 2.83. The molecule has 0 aromatic heterocycles. The molecule has 1 saturated heterocycles. The monoisotopic (exact) mass is 482 g/mol. The molecule has 4 rings (SSSR count). The maximum atomic E-state index is 15.0. The Kier molecular flexibility index (Phi) is 7.00. The first-order chi connectivity index (χ1) is 15.3. The minimum Gasteiger partial charge on any atom is -0.328 e. The normalized spacial score (nSPS) is 18.2. The second-order valence-corrected chi connectivity index (χ2v) is 15.2. The molecule has 0 radical (unpaired) electrons. The van der Waals surface area contributed by atoms with Crippen molar-refractivity contribution in [3.8, 4) is 0 Å². The van der Waals surface area contributed by atoms with Crippen molar-refractivity contribution in [2.45, 2.75) is 13.8 Å². The highest BCUT2D eigenvalue weighted by molar-refractivity contribution is 8.10. The van der Waals surface area contributed by atoms with Crippen LogP contribution in [0.1, 0.15) is 19.4 Å². The smallest absolute Gasteiger partial charge is 0.192 e. The van der Waals surface area contributed by atoms with E-state index in [1.807, 2.05) is 97.1 Å². The lowest BCUT2D eigenvalue weighted by Gasteiger charge is -2.36. The summed E-state index contributed by atoms with van der Waals surface area (Å²) >= 11 is 5.81. The summed E-state index contributed by atoms with van der Waals surface area (Å²) in [6, 6.07) is 29.3. The number of benzene rings is 3. The van der Waals surface area contributed by atoms with E-state index in [9.17, 15) is 0 Å². The van der Waals surface area contributed by atoms with E-state index in [1.54, 1.807) is 0 Å². The molecule has 3 aromatic carbocycles. The minimum absolute atomic E-state index is 0.0440. The fraction of sp³-hybridized carbons (Fsp3) is 0.231. The summed E-state index contributed by atoms with van der Waals surface area (Å²) in [5.41, 5.74) is 0.875. The molecule has 0 bridgehead atoms. The molecule has 0 aliphatic carbocycles. The SMILES string of the molecule is CC1(C)COP(=S)(C/C=C(\c2ccccc2)P(=O)(c2ccccc2)c2ccccc2)OC1. The van der Waals surface area contributed by atoms with Crippen LogP contribution >= 0.6 is 13.6 Å². The van der Waals surface area contributed by atoms with E-state index >= 15 is 4.57 Å². The zero-order chi connectivity index (χ0) is 22.7. The predicted octanol–water partition coefficient (Wildman–Crippen LogP) is 6.42. The van der Waals surface area contributed by atoms with Gasteiger partial charge in [0.1, 0.15) is 0 Å². The van der Waals surface area contributed by atoms with Crippen LogP contribution in [0, 0.1) is 5.41 Å². The summed E-state index contributed by atoms with van der Waals surface area (Å²) in [6.07, 6.45) is 2.45. The van der Waals surface area contributed by atoms with Gasteiger partial charge in [0.2, 0.25) is 0 Å². The van der Waals surface area contributed by atoms with Gasteiger partial charge in [-0.05, 0) is 17.4 Å². The summed E-state index contributed by atoms with van der Waals surface area (Å²) in [7, 11) is -3.16. The van der Waals surface area contributed by atoms with Crippen LogP contribution in [0.3, 0.4) is 0 Å². The van der Waals surface area contributed by atoms with Crippen LogP contribution in [0.2, 0.25) is 0 Å². The van der Waals surface area contributed by atoms with E-state index in [0.717, 1.165) is 21.5 Å². The topological polar surface area (TPSA) is 35.5 Å². The molecule has 6 heteroatoms. The third kappa shape index (κ3) is 5.06. The second kappa shape index (κ2) is 9.59. The van der Waals surface area contributed by atoms with Crippen LogP contribution in [0.5, 0.6) is 0 Å². The number of allylic oxidation sites excluding steroid dienone is 1. The Bertz CT molecular complexity index is 1120. The fourth-order valence-corrected chi connectivity index (χ4v) is 9.04. The van der Waals surface area contributed by atoms with Crippen molar-refractivity contribution in [2.75, 3.05) is 19.4 Å². The van der Waals surface area contributed by atoms with Crippen molar-refractivity contribution >= 4 is 41.4 Å². The highest BCUT2D eigenvalue weighted by Gasteiger charge is 2.35. The Morgan fingerprint density at radius 2 is 1.31 bits per heavy atom. The van der Waals surface area contributed by atoms with Crippen LogP contribution in [-0.4, -0.2) is 19.4 Å². The van der Waals surface area contributed by atoms with Gasteiger partial charge in [-0.2, -0.15) is 0 Å². The largest absolute Gasteiger partial charge is 0.328 e. The van der Waals surface area contributed by atoms with Gasteiger partial charge in [0.25, 0.3) is 0 Å². The Hall–Kier alpha value is -1.80. The molecule has 0 spiro atoms. The van der Waals surface area contributed by atoms with Gasteiger partial charge in [0.05, 0.1) is 13.2 Å². The van der Waals surface area contributed by atoms with Crippen LogP contribution in [0.25, 0.3) is 5.31 Å². The van der Waals surface area contributed by atoms with Crippen molar-refractivity contribution in [3.63, 3.8) is 0 Å². The third-order valence-corrected chi connectivity index (χ3v) is 11.4. The summed E-state index contributed by atoms with van der Waals surface area (Å²) in [5, 5.41) is 2.37. The number of hydrogen-bond donors (Lipinski definition) is 0. The first-order valence-electron chi connectivity index (χ1n) is 10.7. The lowest BCUT2D eigenvalue weighted by atomic mass is 9.97. The molecule has 0 amide bonds. The van der Waals surface area contributed by atoms with Gasteiger partial charge in [-0.25, -0.2) is 0 Å². The molecule has 0 unspecified atom stereocenters. The molecule has 3 nitrogen and oxygen atoms in total. The molecule has 0 saturated carbocycles. The fourth-order valence-electron chi connectivity index (χ4n) is 3.67. The molecular formula is C26H28O3P2S. The zero-order valence-electron chi connectivity index (χ0n) is 18.4. The summed E-state index contributed by atoms with van der Waals surface area (Å²) in [4.78, 5) is 0. The molecule has 3 aromatic rings. The van der Waals surface area contributed by atoms with Gasteiger partial charge < -0.3 is 13.6 Å². The number of hydrogen-bond acceptors (Lipinski definition) is 4. The van der Waals surface area contributed by atoms with Crippen molar-refractivity contribution in [1.29, 1.82) is 0 Å². The standard InChI is InChI=1S/C26H28O3P2S/c1-26(2)20-28-30(32,29-21-26)19-18-25(22-12-6-3-7-13-22)31(27,23-14-8-4-9-15-23)24-16-10-5-11-17-24/h3-18H,19-21H2,1-2H3/b25-18+. The van der Waals surface area contributed by atoms with E-state index in [2.05, 4.69) is 13.8 Å². The van der Waals surface area contributed by atoms with E-state index in [1.165, 1.54) is 0 Å². The van der Waals surface area contributed by atoms with Gasteiger partial charge in [0, 0.05) is 27.5 Å². The molecule has 1 aliphatic rings. The Balaban J connectivity index is 1.84. The third-order valence-electron chi connectivity index (χ3n) is 5.46. The summed E-state index contributed by atoms with van der Waals surface area (Å²) in [6.45, 7) is 2.88. The van der Waals surface area contributed by atoms with Crippen LogP contribution in [-0.2, 0) is 25.4 Å². The first kappa shape index (κ1) is 23.4. The molecule has 166 valence electrons. The predicted molar refractivity (Wildman–Crippen MR) is 139 cm³/mol. The molecule has 1 aliphatic heterocycles. The maximum absolute atomic E-state index is 15.0. The highest BCUT2D eigenvalue weighted by Crippen LogP contribution is 2.59. The van der Waals surface area contributed by atoms with Crippen LogP contribution < -0.4 is 10.6 Å². The minimum atomic E-state index is -3.16. The molecule has 1 fully saturated rings. The van der Waals surface area contributed by atoms with Gasteiger partial charge in [-0.15, -0.1) is 0 Å². The van der Waals surface area contributed by atoms with Gasteiger partial charge in [-0.1, -0.05) is 111 Å². The molecular weight excluding hydrogens is 454 g/mol. The number of rotatable bonds is 6. The van der Waals surface area contributed by atoms with Crippen molar-refractivity contribution in [3.05, 3.63) is 103 Å². The lowest BCUT2D eigenvalue weighted by Crippen LogP contribution is -2.29. The van der Waals surface area contributed by atoms with Gasteiger partial charge >= 0.3 is 0 Å². The quantitative estimate of drug-likeness (QED) is 0.380. The second-order valence-electron chi connectivity index (χ2n) is 8.74. The Morgan fingerprint density at radius 1 is 0.875 bits per heavy atom. The Labute approximate surface area is 196 Å². The van der Waals surface area contributed by atoms with Crippen LogP contribution in [0.15, 0.2) is 97.1 Å². The Morgan fingerprint density at radius 3 is 1.78 bits per heavy atom. The molecule has 0 N–H and O–H groups in total. The summed E-state index contributed by atoms with van der Waals surface area (Å²) in [5.74, 6) is 0. The zero-order valence-corrected chi connectivity index (χ0v) is 21.0. The van der Waals surface area contributed by atoms with Crippen LogP contribution in [0.4, 0.5) is 0 Å². The van der Waals surface area contributed by atoms with E-state index in [0.29, 0.717) is 19.4 Å². The van der Waals surface area contributed by atoms with E-state index in [4.69, 9.17) is 20.9 Å².